The zero-order valence-corrected chi connectivity index (χ0v) is 22.8. The zero-order valence-electron chi connectivity index (χ0n) is 21.1. The minimum absolute atomic E-state index is 0.0284. The maximum Gasteiger partial charge on any atom is 0.322 e. The smallest absolute Gasteiger partial charge is 0.322 e. The summed E-state index contributed by atoms with van der Waals surface area (Å²) >= 11 is 0. The van der Waals surface area contributed by atoms with Crippen molar-refractivity contribution in [2.24, 2.45) is 0 Å². The molecule has 2 aromatic carbocycles. The van der Waals surface area contributed by atoms with Crippen molar-refractivity contribution in [2.75, 3.05) is 38.2 Å². The Kier molecular flexibility index (Phi) is 7.42. The third kappa shape index (κ3) is 5.27. The van der Waals surface area contributed by atoms with Gasteiger partial charge in [-0.15, -0.1) is 5.10 Å². The van der Waals surface area contributed by atoms with Crippen LogP contribution in [0.5, 0.6) is 11.8 Å². The Labute approximate surface area is 222 Å². The molecule has 0 radical (unpaired) electrons. The molecule has 2 aliphatic rings. The summed E-state index contributed by atoms with van der Waals surface area (Å²) in [6, 6.07) is 10.5. The molecule has 2 N–H and O–H groups in total. The molecular formula is C24H30N6O6S2. The molecule has 1 saturated heterocycles. The van der Waals surface area contributed by atoms with E-state index in [9.17, 15) is 16.8 Å². The molecule has 38 heavy (non-hydrogen) atoms. The van der Waals surface area contributed by atoms with Gasteiger partial charge in [0.15, 0.2) is 5.82 Å². The highest BCUT2D eigenvalue weighted by atomic mass is 32.2. The number of fused-ring (bicyclic) bond motifs is 1. The summed E-state index contributed by atoms with van der Waals surface area (Å²) in [7, 11) is -7.71. The lowest BCUT2D eigenvalue weighted by molar-refractivity contribution is 0.0730. The van der Waals surface area contributed by atoms with Crippen molar-refractivity contribution in [1.82, 2.24) is 23.8 Å². The second-order valence-electron chi connectivity index (χ2n) is 9.01. The van der Waals surface area contributed by atoms with Gasteiger partial charge in [0.2, 0.25) is 20.0 Å². The Hall–Kier alpha value is -3.04. The number of aromatic nitrogens is 3. The van der Waals surface area contributed by atoms with Crippen LogP contribution in [-0.2, 0) is 37.7 Å². The number of rotatable bonds is 9. The van der Waals surface area contributed by atoms with E-state index in [0.717, 1.165) is 18.7 Å². The highest BCUT2D eigenvalue weighted by molar-refractivity contribution is 7.89. The van der Waals surface area contributed by atoms with Crippen LogP contribution in [0.25, 0.3) is 0 Å². The molecule has 0 amide bonds. The number of nitrogens with one attached hydrogen (secondary N) is 2. The molecule has 1 atom stereocenters. The Morgan fingerprint density at radius 2 is 1.76 bits per heavy atom. The lowest BCUT2D eigenvalue weighted by Crippen LogP contribution is -2.40. The number of hydrogen-bond acceptors (Lipinski definition) is 9. The second kappa shape index (κ2) is 10.6. The number of ether oxygens (including phenoxy) is 2. The predicted octanol–water partition coefficient (Wildman–Crippen LogP) is 2.12. The first-order chi connectivity index (χ1) is 18.2. The van der Waals surface area contributed by atoms with Crippen LogP contribution in [0.15, 0.2) is 52.3 Å². The largest absolute Gasteiger partial charge is 0.424 e. The molecule has 14 heteroatoms. The van der Waals surface area contributed by atoms with E-state index in [2.05, 4.69) is 20.2 Å². The van der Waals surface area contributed by atoms with Crippen molar-refractivity contribution >= 4 is 25.7 Å². The summed E-state index contributed by atoms with van der Waals surface area (Å²) in [5, 5.41) is 11.6. The van der Waals surface area contributed by atoms with Gasteiger partial charge in [0.1, 0.15) is 5.75 Å². The fourth-order valence-corrected chi connectivity index (χ4v) is 7.12. The molecule has 0 spiro atoms. The second-order valence-corrected chi connectivity index (χ2v) is 12.7. The SMILES string of the molecule is CCn1c(Oc2ccc3c(c2)NCC3)nnc1[C@@H](C)NS(=O)(=O)c1ccc(S(=O)(=O)N2CCOCC2)cc1. The minimum Gasteiger partial charge on any atom is -0.424 e. The molecule has 3 aromatic rings. The van der Waals surface area contributed by atoms with Gasteiger partial charge in [-0.3, -0.25) is 4.57 Å². The van der Waals surface area contributed by atoms with Crippen LogP contribution in [-0.4, -0.2) is 68.8 Å². The summed E-state index contributed by atoms with van der Waals surface area (Å²) in [5.74, 6) is 0.990. The number of benzene rings is 2. The van der Waals surface area contributed by atoms with Gasteiger partial charge < -0.3 is 14.8 Å². The van der Waals surface area contributed by atoms with E-state index in [-0.39, 0.29) is 28.9 Å². The van der Waals surface area contributed by atoms with Crippen molar-refractivity contribution in [3.05, 3.63) is 53.9 Å². The van der Waals surface area contributed by atoms with E-state index in [1.54, 1.807) is 11.5 Å². The van der Waals surface area contributed by atoms with Gasteiger partial charge in [-0.25, -0.2) is 21.6 Å². The fraction of sp³-hybridized carbons (Fsp3) is 0.417. The van der Waals surface area contributed by atoms with Gasteiger partial charge in [0, 0.05) is 37.9 Å². The minimum atomic E-state index is -3.98. The average molecular weight is 563 g/mol. The molecule has 0 saturated carbocycles. The lowest BCUT2D eigenvalue weighted by atomic mass is 10.2. The topological polar surface area (TPSA) is 145 Å². The molecule has 1 aromatic heterocycles. The van der Waals surface area contributed by atoms with Crippen molar-refractivity contribution < 1.29 is 26.3 Å². The predicted molar refractivity (Wildman–Crippen MR) is 139 cm³/mol. The molecular weight excluding hydrogens is 532 g/mol. The monoisotopic (exact) mass is 562 g/mol. The van der Waals surface area contributed by atoms with Gasteiger partial charge in [-0.2, -0.15) is 4.31 Å². The van der Waals surface area contributed by atoms with E-state index in [0.29, 0.717) is 31.3 Å². The van der Waals surface area contributed by atoms with Crippen molar-refractivity contribution in [1.29, 1.82) is 0 Å². The van der Waals surface area contributed by atoms with Gasteiger partial charge >= 0.3 is 6.01 Å². The van der Waals surface area contributed by atoms with Gasteiger partial charge in [0.05, 0.1) is 29.0 Å². The molecule has 0 aliphatic carbocycles. The van der Waals surface area contributed by atoms with Crippen molar-refractivity contribution in [3.8, 4) is 11.8 Å². The molecule has 12 nitrogen and oxygen atoms in total. The number of anilines is 1. The fourth-order valence-electron chi connectivity index (χ4n) is 4.51. The van der Waals surface area contributed by atoms with Gasteiger partial charge in [-0.1, -0.05) is 11.2 Å². The van der Waals surface area contributed by atoms with Gasteiger partial charge in [-0.05, 0) is 56.2 Å². The van der Waals surface area contributed by atoms with Crippen LogP contribution >= 0.6 is 0 Å². The third-order valence-corrected chi connectivity index (χ3v) is 9.99. The standard InChI is InChI=1S/C24H30N6O6S2/c1-3-30-23(26-27-24(30)36-19-5-4-18-10-11-25-22(18)16-19)17(2)28-37(31,32)20-6-8-21(9-7-20)38(33,34)29-12-14-35-15-13-29/h4-9,16-17,25,28H,3,10-15H2,1-2H3/t17-/m1/s1. The van der Waals surface area contributed by atoms with E-state index in [4.69, 9.17) is 9.47 Å². The third-order valence-electron chi connectivity index (χ3n) is 6.52. The number of morpholine rings is 1. The summed E-state index contributed by atoms with van der Waals surface area (Å²) in [5.41, 5.74) is 2.25. The van der Waals surface area contributed by atoms with Crippen LogP contribution < -0.4 is 14.8 Å². The first kappa shape index (κ1) is 26.6. The maximum absolute atomic E-state index is 13.1. The Balaban J connectivity index is 1.30. The van der Waals surface area contributed by atoms with Gasteiger partial charge in [0.25, 0.3) is 0 Å². The molecule has 2 aliphatic heterocycles. The summed E-state index contributed by atoms with van der Waals surface area (Å²) in [6.07, 6.45) is 0.967. The van der Waals surface area contributed by atoms with E-state index in [1.807, 2.05) is 25.1 Å². The van der Waals surface area contributed by atoms with Crippen LogP contribution in [0, 0.1) is 0 Å². The number of sulfonamides is 2. The molecule has 0 unspecified atom stereocenters. The first-order valence-corrected chi connectivity index (χ1v) is 15.3. The summed E-state index contributed by atoms with van der Waals surface area (Å²) in [6.45, 7) is 6.07. The van der Waals surface area contributed by atoms with Crippen molar-refractivity contribution in [3.63, 3.8) is 0 Å². The summed E-state index contributed by atoms with van der Waals surface area (Å²) in [4.78, 5) is -0.0318. The quantitative estimate of drug-likeness (QED) is 0.401. The van der Waals surface area contributed by atoms with Crippen LogP contribution in [0.2, 0.25) is 0 Å². The number of nitrogens with zero attached hydrogens (tertiary/aromatic N) is 4. The lowest BCUT2D eigenvalue weighted by Gasteiger charge is -2.26. The van der Waals surface area contributed by atoms with Crippen LogP contribution in [0.1, 0.15) is 31.3 Å². The molecule has 5 rings (SSSR count). The van der Waals surface area contributed by atoms with Crippen molar-refractivity contribution in [2.45, 2.75) is 42.6 Å². The first-order valence-electron chi connectivity index (χ1n) is 12.4. The van der Waals surface area contributed by atoms with E-state index in [1.165, 1.54) is 34.1 Å². The number of hydrogen-bond donors (Lipinski definition) is 2. The molecule has 0 bridgehead atoms. The maximum atomic E-state index is 13.1. The normalized spacial score (nSPS) is 17.1. The highest BCUT2D eigenvalue weighted by Gasteiger charge is 2.28. The molecule has 1 fully saturated rings. The Bertz CT molecular complexity index is 1520. The molecule has 3 heterocycles. The summed E-state index contributed by atoms with van der Waals surface area (Å²) < 4.78 is 68.7. The Morgan fingerprint density at radius 1 is 1.05 bits per heavy atom. The Morgan fingerprint density at radius 3 is 2.47 bits per heavy atom. The van der Waals surface area contributed by atoms with Crippen LogP contribution in [0.3, 0.4) is 0 Å². The van der Waals surface area contributed by atoms with E-state index >= 15 is 0 Å². The highest BCUT2D eigenvalue weighted by Crippen LogP contribution is 2.30. The zero-order chi connectivity index (χ0) is 26.9. The van der Waals surface area contributed by atoms with E-state index < -0.39 is 26.1 Å². The average Bonchev–Trinajstić information content (AvgIpc) is 3.55. The van der Waals surface area contributed by atoms with Crippen LogP contribution in [0.4, 0.5) is 5.69 Å². The molecule has 204 valence electrons.